The molecule has 39 heavy (non-hydrogen) atoms. The first-order valence-corrected chi connectivity index (χ1v) is 12.6. The van der Waals surface area contributed by atoms with E-state index in [4.69, 9.17) is 4.74 Å². The molecule has 9 nitrogen and oxygen atoms in total. The van der Waals surface area contributed by atoms with E-state index in [1.165, 1.54) is 31.4 Å². The Morgan fingerprint density at radius 3 is 1.72 bits per heavy atom. The molecule has 3 aromatic rings. The molecule has 4 aliphatic rings. The van der Waals surface area contributed by atoms with E-state index in [-0.39, 0.29) is 11.8 Å². The van der Waals surface area contributed by atoms with Crippen LogP contribution in [0, 0.1) is 11.8 Å². The SMILES string of the molecule is COC(=O)c1ccc(NC(=O)COC(=O)CN2C(=O)[C@@H]3C4c5ccccc5C(c5ccccc54)[C@@H]3C2=O)cc1. The lowest BCUT2D eigenvalue weighted by atomic mass is 9.55. The minimum atomic E-state index is -0.853. The van der Waals surface area contributed by atoms with Gasteiger partial charge in [-0.05, 0) is 46.5 Å². The number of esters is 2. The van der Waals surface area contributed by atoms with Crippen LogP contribution in [0.5, 0.6) is 0 Å². The van der Waals surface area contributed by atoms with Gasteiger partial charge in [0, 0.05) is 17.5 Å². The van der Waals surface area contributed by atoms with Gasteiger partial charge in [0.2, 0.25) is 11.8 Å². The maximum Gasteiger partial charge on any atom is 0.337 e. The molecule has 0 spiro atoms. The summed E-state index contributed by atoms with van der Waals surface area (Å²) in [7, 11) is 1.27. The van der Waals surface area contributed by atoms with Gasteiger partial charge in [0.1, 0.15) is 6.54 Å². The monoisotopic (exact) mass is 524 g/mol. The quantitative estimate of drug-likeness (QED) is 0.389. The van der Waals surface area contributed by atoms with E-state index >= 15 is 0 Å². The van der Waals surface area contributed by atoms with Gasteiger partial charge in [0.15, 0.2) is 6.61 Å². The molecule has 2 atom stereocenters. The van der Waals surface area contributed by atoms with Crippen molar-refractivity contribution in [3.05, 3.63) is 101 Å². The molecule has 1 N–H and O–H groups in total. The van der Waals surface area contributed by atoms with Gasteiger partial charge < -0.3 is 14.8 Å². The first-order chi connectivity index (χ1) is 18.9. The summed E-state index contributed by atoms with van der Waals surface area (Å²) in [5, 5.41) is 2.56. The average molecular weight is 525 g/mol. The van der Waals surface area contributed by atoms with Crippen molar-refractivity contribution in [1.29, 1.82) is 0 Å². The molecule has 7 rings (SSSR count). The van der Waals surface area contributed by atoms with E-state index < -0.39 is 54.6 Å². The van der Waals surface area contributed by atoms with Gasteiger partial charge in [-0.25, -0.2) is 4.79 Å². The van der Waals surface area contributed by atoms with E-state index in [1.54, 1.807) is 0 Å². The number of carbonyl (C=O) groups is 5. The Morgan fingerprint density at radius 2 is 1.26 bits per heavy atom. The molecule has 1 saturated heterocycles. The average Bonchev–Trinajstić information content (AvgIpc) is 3.21. The van der Waals surface area contributed by atoms with Crippen LogP contribution < -0.4 is 5.32 Å². The second-order valence-electron chi connectivity index (χ2n) is 9.81. The lowest BCUT2D eigenvalue weighted by molar-refractivity contribution is -0.154. The Morgan fingerprint density at radius 1 is 0.769 bits per heavy atom. The van der Waals surface area contributed by atoms with Gasteiger partial charge in [-0.1, -0.05) is 48.5 Å². The molecule has 1 fully saturated rings. The highest BCUT2D eigenvalue weighted by Gasteiger charge is 2.61. The number of hydrogen-bond donors (Lipinski definition) is 1. The second kappa shape index (κ2) is 9.50. The van der Waals surface area contributed by atoms with Crippen molar-refractivity contribution in [2.45, 2.75) is 11.8 Å². The summed E-state index contributed by atoms with van der Waals surface area (Å²) in [4.78, 5) is 64.5. The number of likely N-dealkylation sites (tertiary alicyclic amines) is 1. The Bertz CT molecular complexity index is 1410. The maximum absolute atomic E-state index is 13.6. The van der Waals surface area contributed by atoms with Gasteiger partial charge in [-0.3, -0.25) is 24.1 Å². The Hall–Kier alpha value is -4.79. The zero-order valence-electron chi connectivity index (χ0n) is 21.0. The molecule has 1 heterocycles. The molecule has 3 aromatic carbocycles. The van der Waals surface area contributed by atoms with Crippen molar-refractivity contribution < 1.29 is 33.4 Å². The Labute approximate surface area is 223 Å². The highest BCUT2D eigenvalue weighted by molar-refractivity contribution is 6.09. The van der Waals surface area contributed by atoms with E-state index in [9.17, 15) is 24.0 Å². The largest absolute Gasteiger partial charge is 0.465 e. The molecule has 1 aliphatic heterocycles. The van der Waals surface area contributed by atoms with Crippen LogP contribution in [0.2, 0.25) is 0 Å². The smallest absolute Gasteiger partial charge is 0.337 e. The fourth-order valence-electron chi connectivity index (χ4n) is 6.22. The molecule has 0 radical (unpaired) electrons. The first-order valence-electron chi connectivity index (χ1n) is 12.6. The molecule has 0 aromatic heterocycles. The Balaban J connectivity index is 1.13. The second-order valence-corrected chi connectivity index (χ2v) is 9.81. The summed E-state index contributed by atoms with van der Waals surface area (Å²) < 4.78 is 9.72. The number of rotatable bonds is 6. The number of nitrogens with one attached hydrogen (secondary N) is 1. The highest BCUT2D eigenvalue weighted by Crippen LogP contribution is 2.60. The molecular formula is C30H24N2O7. The van der Waals surface area contributed by atoms with Crippen LogP contribution in [0.3, 0.4) is 0 Å². The standard InChI is InChI=1S/C30H24N2O7/c1-38-30(37)16-10-12-17(13-11-16)31-22(33)15-39-23(34)14-32-28(35)26-24-18-6-2-3-7-19(18)25(27(26)29(32)36)21-9-5-4-8-20(21)24/h2-13,24-27H,14-15H2,1H3,(H,31,33)/t24?,25?,26-,27+. The summed E-state index contributed by atoms with van der Waals surface area (Å²) in [6, 6.07) is 21.8. The van der Waals surface area contributed by atoms with Crippen molar-refractivity contribution in [3.8, 4) is 0 Å². The number of hydrogen-bond acceptors (Lipinski definition) is 7. The van der Waals surface area contributed by atoms with Crippen molar-refractivity contribution >= 4 is 35.3 Å². The number of nitrogens with zero attached hydrogens (tertiary/aromatic N) is 1. The van der Waals surface area contributed by atoms with Crippen LogP contribution >= 0.6 is 0 Å². The van der Waals surface area contributed by atoms with Crippen LogP contribution in [0.4, 0.5) is 5.69 Å². The molecule has 196 valence electrons. The first kappa shape index (κ1) is 24.5. The maximum atomic E-state index is 13.6. The number of carbonyl (C=O) groups excluding carboxylic acids is 5. The molecule has 2 bridgehead atoms. The summed E-state index contributed by atoms with van der Waals surface area (Å²) in [6.07, 6.45) is 0. The predicted molar refractivity (Wildman–Crippen MR) is 138 cm³/mol. The Kier molecular flexibility index (Phi) is 5.98. The molecule has 3 aliphatic carbocycles. The number of ether oxygens (including phenoxy) is 2. The third-order valence-corrected chi connectivity index (χ3v) is 7.78. The van der Waals surface area contributed by atoms with Crippen LogP contribution in [0.1, 0.15) is 44.4 Å². The van der Waals surface area contributed by atoms with Crippen molar-refractivity contribution in [2.75, 3.05) is 25.6 Å². The molecular weight excluding hydrogens is 500 g/mol. The van der Waals surface area contributed by atoms with Crippen molar-refractivity contribution in [1.82, 2.24) is 4.90 Å². The van der Waals surface area contributed by atoms with E-state index in [1.807, 2.05) is 48.5 Å². The van der Waals surface area contributed by atoms with Gasteiger partial charge >= 0.3 is 11.9 Å². The van der Waals surface area contributed by atoms with E-state index in [2.05, 4.69) is 10.1 Å². The van der Waals surface area contributed by atoms with E-state index in [0.717, 1.165) is 27.2 Å². The van der Waals surface area contributed by atoms with Gasteiger partial charge in [0.25, 0.3) is 5.91 Å². The zero-order chi connectivity index (χ0) is 27.3. The number of benzene rings is 3. The van der Waals surface area contributed by atoms with Crippen LogP contribution in [-0.4, -0.2) is 54.8 Å². The highest BCUT2D eigenvalue weighted by atomic mass is 16.5. The van der Waals surface area contributed by atoms with Crippen molar-refractivity contribution in [2.24, 2.45) is 11.8 Å². The number of imide groups is 1. The van der Waals surface area contributed by atoms with Crippen LogP contribution in [-0.2, 0) is 28.7 Å². The minimum Gasteiger partial charge on any atom is -0.465 e. The molecule has 3 amide bonds. The molecule has 0 saturated carbocycles. The minimum absolute atomic E-state index is 0.263. The van der Waals surface area contributed by atoms with E-state index in [0.29, 0.717) is 11.3 Å². The fourth-order valence-corrected chi connectivity index (χ4v) is 6.22. The lowest BCUT2D eigenvalue weighted by Crippen LogP contribution is -2.41. The van der Waals surface area contributed by atoms with Gasteiger partial charge in [0.05, 0.1) is 24.5 Å². The third kappa shape index (κ3) is 3.98. The number of anilines is 1. The lowest BCUT2D eigenvalue weighted by Gasteiger charge is -2.45. The topological polar surface area (TPSA) is 119 Å². The third-order valence-electron chi connectivity index (χ3n) is 7.78. The number of amides is 3. The molecule has 0 unspecified atom stereocenters. The fraction of sp³-hybridized carbons (Fsp3) is 0.233. The normalized spacial score (nSPS) is 22.0. The summed E-state index contributed by atoms with van der Waals surface area (Å²) in [6.45, 7) is -1.15. The van der Waals surface area contributed by atoms with Gasteiger partial charge in [-0.2, -0.15) is 0 Å². The summed E-state index contributed by atoms with van der Waals surface area (Å²) in [5.74, 6) is -4.45. The van der Waals surface area contributed by atoms with Crippen LogP contribution in [0.25, 0.3) is 0 Å². The molecule has 9 heteroatoms. The van der Waals surface area contributed by atoms with Crippen LogP contribution in [0.15, 0.2) is 72.8 Å². The summed E-state index contributed by atoms with van der Waals surface area (Å²) in [5.41, 5.74) is 4.90. The summed E-state index contributed by atoms with van der Waals surface area (Å²) >= 11 is 0. The van der Waals surface area contributed by atoms with Gasteiger partial charge in [-0.15, -0.1) is 0 Å². The zero-order valence-corrected chi connectivity index (χ0v) is 21.0. The number of methoxy groups -OCH3 is 1. The van der Waals surface area contributed by atoms with Crippen molar-refractivity contribution in [3.63, 3.8) is 0 Å². The predicted octanol–water partition coefficient (Wildman–Crippen LogP) is 2.85.